The number of benzene rings is 3. The molecule has 0 atom stereocenters. The van der Waals surface area contributed by atoms with Gasteiger partial charge >= 0.3 is 5.97 Å². The fraction of sp³-hybridized carbons (Fsp3) is 0.387. The van der Waals surface area contributed by atoms with Gasteiger partial charge in [-0.15, -0.1) is 11.8 Å². The Kier molecular flexibility index (Phi) is 6.87. The third-order valence-electron chi connectivity index (χ3n) is 8.31. The minimum Gasteiger partial charge on any atom is -0.452 e. The highest BCUT2D eigenvalue weighted by molar-refractivity contribution is 8.00. The molecule has 0 unspecified atom stereocenters. The third kappa shape index (κ3) is 5.30. The standard InChI is InChI=1S/C31H32N2O4S/c34-28(32-26-10-5-7-23-6-1-2-8-24(23)26)18-37-30(36)25-9-3-4-11-27(25)38-19-29(35)33-31-15-20-12-21(16-31)14-22(13-20)17-31/h1-11,20-22H,12-19H2,(H,32,34)(H,33,35). The van der Waals surface area contributed by atoms with Crippen LogP contribution in [0.25, 0.3) is 10.8 Å². The molecule has 0 radical (unpaired) electrons. The molecule has 7 rings (SSSR count). The van der Waals surface area contributed by atoms with Crippen molar-refractivity contribution < 1.29 is 19.1 Å². The molecule has 0 saturated heterocycles. The minimum absolute atomic E-state index is 0.0228. The summed E-state index contributed by atoms with van der Waals surface area (Å²) in [5.74, 6) is 1.58. The van der Waals surface area contributed by atoms with Crippen LogP contribution in [-0.2, 0) is 14.3 Å². The highest BCUT2D eigenvalue weighted by atomic mass is 32.2. The first-order chi connectivity index (χ1) is 18.5. The second kappa shape index (κ2) is 10.4. The summed E-state index contributed by atoms with van der Waals surface area (Å²) in [7, 11) is 0. The molecule has 4 fully saturated rings. The van der Waals surface area contributed by atoms with Gasteiger partial charge in [-0.05, 0) is 79.9 Å². The van der Waals surface area contributed by atoms with Crippen LogP contribution in [0.1, 0.15) is 48.9 Å². The lowest BCUT2D eigenvalue weighted by atomic mass is 9.53. The molecule has 0 aliphatic heterocycles. The van der Waals surface area contributed by atoms with E-state index in [1.54, 1.807) is 12.1 Å². The summed E-state index contributed by atoms with van der Waals surface area (Å²) in [5.41, 5.74) is 1.01. The van der Waals surface area contributed by atoms with Gasteiger partial charge in [-0.3, -0.25) is 9.59 Å². The van der Waals surface area contributed by atoms with Crippen LogP contribution in [0.3, 0.4) is 0 Å². The molecule has 0 spiro atoms. The molecule has 2 N–H and O–H groups in total. The van der Waals surface area contributed by atoms with E-state index in [4.69, 9.17) is 4.74 Å². The number of esters is 1. The second-order valence-corrected chi connectivity index (χ2v) is 12.2. The topological polar surface area (TPSA) is 84.5 Å². The first-order valence-electron chi connectivity index (χ1n) is 13.4. The van der Waals surface area contributed by atoms with Crippen LogP contribution in [0.2, 0.25) is 0 Å². The third-order valence-corrected chi connectivity index (χ3v) is 9.38. The molecule has 4 bridgehead atoms. The van der Waals surface area contributed by atoms with Crippen LogP contribution in [0, 0.1) is 17.8 Å². The molecular formula is C31H32N2O4S. The number of anilines is 1. The number of rotatable bonds is 8. The first kappa shape index (κ1) is 25.0. The Balaban J connectivity index is 1.03. The van der Waals surface area contributed by atoms with Crippen molar-refractivity contribution in [3.05, 3.63) is 72.3 Å². The van der Waals surface area contributed by atoms with E-state index in [1.807, 2.05) is 54.6 Å². The van der Waals surface area contributed by atoms with Crippen LogP contribution in [-0.4, -0.2) is 35.7 Å². The SMILES string of the molecule is O=C(COC(=O)c1ccccc1SCC(=O)NC12CC3CC(CC(C3)C1)C2)Nc1cccc2ccccc12. The van der Waals surface area contributed by atoms with Crippen LogP contribution in [0.15, 0.2) is 71.6 Å². The predicted molar refractivity (Wildman–Crippen MR) is 149 cm³/mol. The number of thioether (sulfide) groups is 1. The van der Waals surface area contributed by atoms with Gasteiger partial charge in [0.1, 0.15) is 0 Å². The number of carbonyl (C=O) groups is 3. The quantitative estimate of drug-likeness (QED) is 0.285. The van der Waals surface area contributed by atoms with Gasteiger partial charge in [-0.2, -0.15) is 0 Å². The summed E-state index contributed by atoms with van der Waals surface area (Å²) in [4.78, 5) is 39.0. The van der Waals surface area contributed by atoms with Crippen molar-refractivity contribution in [2.24, 2.45) is 17.8 Å². The molecule has 2 amide bonds. The fourth-order valence-electron chi connectivity index (χ4n) is 7.23. The molecule has 4 saturated carbocycles. The zero-order valence-electron chi connectivity index (χ0n) is 21.3. The number of amides is 2. The molecule has 196 valence electrons. The summed E-state index contributed by atoms with van der Waals surface area (Å²) in [6.07, 6.45) is 7.33. The second-order valence-electron chi connectivity index (χ2n) is 11.2. The van der Waals surface area contributed by atoms with Gasteiger partial charge in [-0.25, -0.2) is 4.79 Å². The Bertz CT molecular complexity index is 1350. The smallest absolute Gasteiger partial charge is 0.339 e. The molecule has 4 aliphatic rings. The lowest BCUT2D eigenvalue weighted by Crippen LogP contribution is -2.60. The van der Waals surface area contributed by atoms with Crippen molar-refractivity contribution in [2.75, 3.05) is 17.7 Å². The Labute approximate surface area is 226 Å². The highest BCUT2D eigenvalue weighted by Gasteiger charge is 2.51. The molecule has 6 nitrogen and oxygen atoms in total. The van der Waals surface area contributed by atoms with E-state index < -0.39 is 18.5 Å². The maximum Gasteiger partial charge on any atom is 0.339 e. The first-order valence-corrected chi connectivity index (χ1v) is 14.4. The van der Waals surface area contributed by atoms with Gasteiger partial charge < -0.3 is 15.4 Å². The zero-order chi connectivity index (χ0) is 26.1. The Morgan fingerprint density at radius 3 is 2.24 bits per heavy atom. The van der Waals surface area contributed by atoms with E-state index in [0.29, 0.717) is 16.1 Å². The van der Waals surface area contributed by atoms with Crippen molar-refractivity contribution in [1.82, 2.24) is 5.32 Å². The zero-order valence-corrected chi connectivity index (χ0v) is 22.1. The number of ether oxygens (including phenoxy) is 1. The Morgan fingerprint density at radius 1 is 0.816 bits per heavy atom. The maximum absolute atomic E-state index is 13.0. The summed E-state index contributed by atoms with van der Waals surface area (Å²) >= 11 is 1.34. The van der Waals surface area contributed by atoms with E-state index in [0.717, 1.165) is 47.8 Å². The number of fused-ring (bicyclic) bond motifs is 1. The van der Waals surface area contributed by atoms with Crippen molar-refractivity contribution >= 4 is 46.0 Å². The van der Waals surface area contributed by atoms with Gasteiger partial charge in [0.05, 0.1) is 11.3 Å². The molecule has 0 heterocycles. The average Bonchev–Trinajstić information content (AvgIpc) is 2.90. The number of carbonyl (C=O) groups excluding carboxylic acids is 3. The number of nitrogens with one attached hydrogen (secondary N) is 2. The van der Waals surface area contributed by atoms with E-state index >= 15 is 0 Å². The number of hydrogen-bond acceptors (Lipinski definition) is 5. The summed E-state index contributed by atoms with van der Waals surface area (Å²) < 4.78 is 5.35. The lowest BCUT2D eigenvalue weighted by Gasteiger charge is -2.56. The van der Waals surface area contributed by atoms with Crippen molar-refractivity contribution in [3.63, 3.8) is 0 Å². The van der Waals surface area contributed by atoms with Crippen molar-refractivity contribution in [3.8, 4) is 0 Å². The van der Waals surface area contributed by atoms with E-state index in [1.165, 1.54) is 31.0 Å². The minimum atomic E-state index is -0.581. The maximum atomic E-state index is 13.0. The van der Waals surface area contributed by atoms with E-state index in [2.05, 4.69) is 10.6 Å². The molecule has 38 heavy (non-hydrogen) atoms. The largest absolute Gasteiger partial charge is 0.452 e. The Hall–Kier alpha value is -3.32. The monoisotopic (exact) mass is 528 g/mol. The van der Waals surface area contributed by atoms with Gasteiger partial charge in [0.2, 0.25) is 5.91 Å². The summed E-state index contributed by atoms with van der Waals surface area (Å²) in [6.45, 7) is -0.395. The van der Waals surface area contributed by atoms with Gasteiger partial charge in [0.25, 0.3) is 5.91 Å². The summed E-state index contributed by atoms with van der Waals surface area (Å²) in [5, 5.41) is 8.16. The fourth-order valence-corrected chi connectivity index (χ4v) is 8.07. The van der Waals surface area contributed by atoms with Gasteiger partial charge in [0.15, 0.2) is 6.61 Å². The van der Waals surface area contributed by atoms with Crippen molar-refractivity contribution in [1.29, 1.82) is 0 Å². The normalized spacial score (nSPS) is 25.2. The van der Waals surface area contributed by atoms with Crippen LogP contribution >= 0.6 is 11.8 Å². The van der Waals surface area contributed by atoms with Crippen molar-refractivity contribution in [2.45, 2.75) is 49.0 Å². The molecule has 7 heteroatoms. The number of hydrogen-bond donors (Lipinski definition) is 2. The van der Waals surface area contributed by atoms with E-state index in [9.17, 15) is 14.4 Å². The van der Waals surface area contributed by atoms with Crippen LogP contribution in [0.5, 0.6) is 0 Å². The predicted octanol–water partition coefficient (Wildman–Crippen LogP) is 5.81. The molecular weight excluding hydrogens is 496 g/mol. The lowest BCUT2D eigenvalue weighted by molar-refractivity contribution is -0.124. The molecule has 0 aromatic heterocycles. The molecule has 4 aliphatic carbocycles. The average molecular weight is 529 g/mol. The van der Waals surface area contributed by atoms with Crippen LogP contribution < -0.4 is 10.6 Å². The summed E-state index contributed by atoms with van der Waals surface area (Å²) in [6, 6.07) is 20.5. The van der Waals surface area contributed by atoms with Crippen LogP contribution in [0.4, 0.5) is 5.69 Å². The highest BCUT2D eigenvalue weighted by Crippen LogP contribution is 2.55. The molecule has 3 aromatic rings. The van der Waals surface area contributed by atoms with Gasteiger partial charge in [0, 0.05) is 21.5 Å². The molecule has 3 aromatic carbocycles. The Morgan fingerprint density at radius 2 is 1.47 bits per heavy atom. The van der Waals surface area contributed by atoms with E-state index in [-0.39, 0.29) is 17.2 Å². The van der Waals surface area contributed by atoms with Gasteiger partial charge in [-0.1, -0.05) is 48.5 Å².